The number of likely N-dealkylation sites (N-methyl/N-ethyl adjacent to an activating group) is 1. The minimum atomic E-state index is 0.598. The van der Waals surface area contributed by atoms with Crippen LogP contribution in [0.1, 0.15) is 33.1 Å². The number of nitrogens with zero attached hydrogens (tertiary/aromatic N) is 1. The highest BCUT2D eigenvalue weighted by Gasteiger charge is 2.14. The van der Waals surface area contributed by atoms with Gasteiger partial charge in [0.25, 0.3) is 0 Å². The lowest BCUT2D eigenvalue weighted by Gasteiger charge is -2.29. The molecule has 2 nitrogen and oxygen atoms in total. The van der Waals surface area contributed by atoms with Crippen LogP contribution in [0.3, 0.4) is 0 Å². The third kappa shape index (κ3) is 5.26. The molecular formula is C12H24N2. The van der Waals surface area contributed by atoms with Crippen molar-refractivity contribution >= 4 is 0 Å². The SMILES string of the molecule is C#CCN(CCC)C(CCC)CNC. The first kappa shape index (κ1) is 13.5. The van der Waals surface area contributed by atoms with E-state index in [1.807, 2.05) is 7.05 Å². The predicted molar refractivity (Wildman–Crippen MR) is 63.3 cm³/mol. The Hall–Kier alpha value is -0.520. The molecule has 0 fully saturated rings. The summed E-state index contributed by atoms with van der Waals surface area (Å²) in [5, 5.41) is 3.24. The van der Waals surface area contributed by atoms with E-state index in [1.165, 1.54) is 19.3 Å². The fraction of sp³-hybridized carbons (Fsp3) is 0.833. The Bertz CT molecular complexity index is 154. The van der Waals surface area contributed by atoms with Crippen molar-refractivity contribution < 1.29 is 0 Å². The van der Waals surface area contributed by atoms with Crippen LogP contribution >= 0.6 is 0 Å². The quantitative estimate of drug-likeness (QED) is 0.595. The van der Waals surface area contributed by atoms with Gasteiger partial charge >= 0.3 is 0 Å². The lowest BCUT2D eigenvalue weighted by Crippen LogP contribution is -2.42. The molecule has 0 aliphatic carbocycles. The van der Waals surface area contributed by atoms with Gasteiger partial charge in [0, 0.05) is 12.6 Å². The molecule has 0 aromatic heterocycles. The Balaban J connectivity index is 4.14. The monoisotopic (exact) mass is 196 g/mol. The van der Waals surface area contributed by atoms with Gasteiger partial charge in [-0.15, -0.1) is 6.42 Å². The highest BCUT2D eigenvalue weighted by atomic mass is 15.2. The molecule has 0 bridgehead atoms. The van der Waals surface area contributed by atoms with E-state index in [9.17, 15) is 0 Å². The van der Waals surface area contributed by atoms with Crippen molar-refractivity contribution in [3.63, 3.8) is 0 Å². The standard InChI is InChI=1S/C12H24N2/c1-5-8-12(11-13-4)14(9-6-2)10-7-3/h2,12-13H,5,7-11H2,1,3-4H3. The second-order valence-electron chi connectivity index (χ2n) is 3.67. The summed E-state index contributed by atoms with van der Waals surface area (Å²) < 4.78 is 0. The molecular weight excluding hydrogens is 172 g/mol. The van der Waals surface area contributed by atoms with Gasteiger partial charge in [0.15, 0.2) is 0 Å². The van der Waals surface area contributed by atoms with Gasteiger partial charge in [0.2, 0.25) is 0 Å². The molecule has 0 amide bonds. The molecule has 14 heavy (non-hydrogen) atoms. The number of nitrogens with one attached hydrogen (secondary N) is 1. The van der Waals surface area contributed by atoms with Crippen LogP contribution in [-0.4, -0.2) is 37.6 Å². The average Bonchev–Trinajstić information content (AvgIpc) is 2.17. The van der Waals surface area contributed by atoms with Crippen LogP contribution in [0.5, 0.6) is 0 Å². The molecule has 1 unspecified atom stereocenters. The highest BCUT2D eigenvalue weighted by Crippen LogP contribution is 2.06. The lowest BCUT2D eigenvalue weighted by molar-refractivity contribution is 0.206. The van der Waals surface area contributed by atoms with E-state index >= 15 is 0 Å². The molecule has 0 radical (unpaired) electrons. The molecule has 2 heteroatoms. The van der Waals surface area contributed by atoms with Crippen molar-refractivity contribution in [2.24, 2.45) is 0 Å². The fourth-order valence-electron chi connectivity index (χ4n) is 1.78. The zero-order valence-corrected chi connectivity index (χ0v) is 9.84. The number of terminal acetylenes is 1. The second-order valence-corrected chi connectivity index (χ2v) is 3.67. The molecule has 0 saturated carbocycles. The summed E-state index contributed by atoms with van der Waals surface area (Å²) in [7, 11) is 2.00. The van der Waals surface area contributed by atoms with E-state index in [2.05, 4.69) is 30.0 Å². The van der Waals surface area contributed by atoms with Gasteiger partial charge in [0.1, 0.15) is 0 Å². The van der Waals surface area contributed by atoms with E-state index in [0.29, 0.717) is 6.04 Å². The van der Waals surface area contributed by atoms with Crippen LogP contribution in [0.25, 0.3) is 0 Å². The maximum absolute atomic E-state index is 5.38. The smallest absolute Gasteiger partial charge is 0.0601 e. The Labute approximate surface area is 89.1 Å². The zero-order valence-electron chi connectivity index (χ0n) is 9.84. The van der Waals surface area contributed by atoms with Crippen LogP contribution in [-0.2, 0) is 0 Å². The highest BCUT2D eigenvalue weighted by molar-refractivity contribution is 4.90. The van der Waals surface area contributed by atoms with E-state index in [0.717, 1.165) is 19.6 Å². The van der Waals surface area contributed by atoms with E-state index in [-0.39, 0.29) is 0 Å². The summed E-state index contributed by atoms with van der Waals surface area (Å²) in [5.74, 6) is 2.75. The van der Waals surface area contributed by atoms with Gasteiger partial charge in [-0.1, -0.05) is 26.2 Å². The molecule has 0 aromatic carbocycles. The lowest BCUT2D eigenvalue weighted by atomic mass is 10.1. The van der Waals surface area contributed by atoms with Crippen LogP contribution in [0.4, 0.5) is 0 Å². The van der Waals surface area contributed by atoms with Crippen molar-refractivity contribution in [1.29, 1.82) is 0 Å². The van der Waals surface area contributed by atoms with E-state index in [1.54, 1.807) is 0 Å². The van der Waals surface area contributed by atoms with E-state index in [4.69, 9.17) is 6.42 Å². The summed E-state index contributed by atoms with van der Waals surface area (Å²) in [6.45, 7) is 7.35. The minimum Gasteiger partial charge on any atom is -0.318 e. The van der Waals surface area contributed by atoms with E-state index < -0.39 is 0 Å². The Morgan fingerprint density at radius 2 is 2.07 bits per heavy atom. The predicted octanol–water partition coefficient (Wildman–Crippen LogP) is 1.72. The van der Waals surface area contributed by atoms with Gasteiger partial charge in [-0.25, -0.2) is 0 Å². The third-order valence-electron chi connectivity index (χ3n) is 2.38. The molecule has 1 N–H and O–H groups in total. The minimum absolute atomic E-state index is 0.598. The topological polar surface area (TPSA) is 15.3 Å². The largest absolute Gasteiger partial charge is 0.318 e. The average molecular weight is 196 g/mol. The molecule has 0 aliphatic heterocycles. The van der Waals surface area contributed by atoms with Gasteiger partial charge in [-0.2, -0.15) is 0 Å². The second kappa shape index (κ2) is 9.05. The summed E-state index contributed by atoms with van der Waals surface area (Å²) >= 11 is 0. The first-order chi connectivity index (χ1) is 6.79. The molecule has 82 valence electrons. The molecule has 0 rings (SSSR count). The third-order valence-corrected chi connectivity index (χ3v) is 2.38. The molecule has 0 saturated heterocycles. The van der Waals surface area contributed by atoms with Crippen molar-refractivity contribution in [2.45, 2.75) is 39.2 Å². The zero-order chi connectivity index (χ0) is 10.8. The van der Waals surface area contributed by atoms with Gasteiger partial charge in [-0.05, 0) is 26.4 Å². The number of rotatable bonds is 8. The van der Waals surface area contributed by atoms with Crippen molar-refractivity contribution in [3.8, 4) is 12.3 Å². The summed E-state index contributed by atoms with van der Waals surface area (Å²) in [6.07, 6.45) is 8.99. The number of hydrogen-bond acceptors (Lipinski definition) is 2. The van der Waals surface area contributed by atoms with Gasteiger partial charge < -0.3 is 5.32 Å². The summed E-state index contributed by atoms with van der Waals surface area (Å²) in [4.78, 5) is 2.40. The number of hydrogen-bond donors (Lipinski definition) is 1. The molecule has 0 aromatic rings. The Morgan fingerprint density at radius 3 is 2.50 bits per heavy atom. The van der Waals surface area contributed by atoms with Crippen molar-refractivity contribution in [3.05, 3.63) is 0 Å². The maximum atomic E-state index is 5.38. The molecule has 1 atom stereocenters. The fourth-order valence-corrected chi connectivity index (χ4v) is 1.78. The summed E-state index contributed by atoms with van der Waals surface area (Å²) in [6, 6.07) is 0.598. The first-order valence-electron chi connectivity index (χ1n) is 5.62. The van der Waals surface area contributed by atoms with Crippen LogP contribution in [0, 0.1) is 12.3 Å². The van der Waals surface area contributed by atoms with Gasteiger partial charge in [-0.3, -0.25) is 4.90 Å². The van der Waals surface area contributed by atoms with Gasteiger partial charge in [0.05, 0.1) is 6.54 Å². The maximum Gasteiger partial charge on any atom is 0.0601 e. The van der Waals surface area contributed by atoms with Crippen LogP contribution < -0.4 is 5.32 Å². The van der Waals surface area contributed by atoms with Crippen LogP contribution in [0.15, 0.2) is 0 Å². The Morgan fingerprint density at radius 1 is 1.36 bits per heavy atom. The van der Waals surface area contributed by atoms with Crippen molar-refractivity contribution in [1.82, 2.24) is 10.2 Å². The molecule has 0 heterocycles. The van der Waals surface area contributed by atoms with Crippen molar-refractivity contribution in [2.75, 3.05) is 26.7 Å². The van der Waals surface area contributed by atoms with Crippen LogP contribution in [0.2, 0.25) is 0 Å². The first-order valence-corrected chi connectivity index (χ1v) is 5.62. The Kier molecular flexibility index (Phi) is 8.72. The molecule has 0 spiro atoms. The molecule has 0 aliphatic rings. The summed E-state index contributed by atoms with van der Waals surface area (Å²) in [5.41, 5.74) is 0. The normalized spacial score (nSPS) is 12.8.